The van der Waals surface area contributed by atoms with Crippen molar-refractivity contribution in [3.05, 3.63) is 70.5 Å². The van der Waals surface area contributed by atoms with E-state index in [0.717, 1.165) is 11.1 Å². The number of amides is 1. The summed E-state index contributed by atoms with van der Waals surface area (Å²) in [5.74, 6) is 1.25. The van der Waals surface area contributed by atoms with Gasteiger partial charge in [-0.1, -0.05) is 41.6 Å². The second-order valence-electron chi connectivity index (χ2n) is 5.85. The zero-order chi connectivity index (χ0) is 19.2. The molecule has 0 bridgehead atoms. The van der Waals surface area contributed by atoms with E-state index >= 15 is 0 Å². The Morgan fingerprint density at radius 2 is 2.07 bits per heavy atom. The fourth-order valence-electron chi connectivity index (χ4n) is 2.67. The smallest absolute Gasteiger partial charge is 0.254 e. The molecule has 27 heavy (non-hydrogen) atoms. The third-order valence-electron chi connectivity index (χ3n) is 4.00. The van der Waals surface area contributed by atoms with Gasteiger partial charge in [0, 0.05) is 35.5 Å². The molecule has 140 valence electrons. The number of H-pyrrole nitrogens is 1. The first-order valence-corrected chi connectivity index (χ1v) is 9.58. The van der Waals surface area contributed by atoms with Gasteiger partial charge in [0.15, 0.2) is 5.16 Å². The van der Waals surface area contributed by atoms with Crippen molar-refractivity contribution in [2.75, 3.05) is 14.2 Å². The predicted octanol–water partition coefficient (Wildman–Crippen LogP) is 4.03. The van der Waals surface area contributed by atoms with Gasteiger partial charge in [-0.05, 0) is 29.8 Å². The largest absolute Gasteiger partial charge is 0.496 e. The molecule has 0 fully saturated rings. The number of hydrogen-bond acceptors (Lipinski definition) is 5. The Labute approximate surface area is 166 Å². The summed E-state index contributed by atoms with van der Waals surface area (Å²) < 4.78 is 5.37. The van der Waals surface area contributed by atoms with Gasteiger partial charge in [0.1, 0.15) is 12.1 Å². The Hall–Kier alpha value is -2.51. The lowest BCUT2D eigenvalue weighted by atomic mass is 10.1. The summed E-state index contributed by atoms with van der Waals surface area (Å²) in [5.41, 5.74) is 2.45. The Balaban J connectivity index is 1.76. The van der Waals surface area contributed by atoms with Crippen molar-refractivity contribution >= 4 is 29.3 Å². The first kappa shape index (κ1) is 19.3. The molecule has 3 rings (SSSR count). The zero-order valence-electron chi connectivity index (χ0n) is 15.0. The van der Waals surface area contributed by atoms with Crippen LogP contribution >= 0.6 is 23.4 Å². The second-order valence-corrected chi connectivity index (χ2v) is 7.25. The Morgan fingerprint density at radius 1 is 1.26 bits per heavy atom. The lowest BCUT2D eigenvalue weighted by molar-refractivity contribution is 0.0783. The third kappa shape index (κ3) is 4.81. The van der Waals surface area contributed by atoms with Crippen LogP contribution in [0.1, 0.15) is 21.5 Å². The summed E-state index contributed by atoms with van der Waals surface area (Å²) >= 11 is 7.59. The van der Waals surface area contributed by atoms with Crippen LogP contribution in [0, 0.1) is 0 Å². The number of hydrogen-bond donors (Lipinski definition) is 1. The fraction of sp³-hybridized carbons (Fsp3) is 0.211. The van der Waals surface area contributed by atoms with Crippen LogP contribution in [0.25, 0.3) is 0 Å². The zero-order valence-corrected chi connectivity index (χ0v) is 16.5. The maximum Gasteiger partial charge on any atom is 0.254 e. The van der Waals surface area contributed by atoms with E-state index in [1.54, 1.807) is 31.2 Å². The SMILES string of the molecule is COc1ccc(Cl)cc1CN(C)C(=O)c1ccccc1CSc1ncn[nH]1. The summed E-state index contributed by atoms with van der Waals surface area (Å²) in [7, 11) is 3.37. The normalized spacial score (nSPS) is 10.6. The molecule has 3 aromatic rings. The first-order chi connectivity index (χ1) is 13.1. The first-order valence-electron chi connectivity index (χ1n) is 8.22. The molecular weight excluding hydrogens is 384 g/mol. The number of carbonyl (C=O) groups excluding carboxylic acids is 1. The number of methoxy groups -OCH3 is 1. The molecule has 0 spiro atoms. The van der Waals surface area contributed by atoms with Gasteiger partial charge in [-0.2, -0.15) is 5.10 Å². The number of aromatic amines is 1. The molecule has 8 heteroatoms. The van der Waals surface area contributed by atoms with Gasteiger partial charge in [0.25, 0.3) is 5.91 Å². The van der Waals surface area contributed by atoms with Crippen LogP contribution in [0.2, 0.25) is 5.02 Å². The van der Waals surface area contributed by atoms with Gasteiger partial charge in [-0.15, -0.1) is 0 Å². The van der Waals surface area contributed by atoms with E-state index in [9.17, 15) is 4.79 Å². The molecule has 1 heterocycles. The van der Waals surface area contributed by atoms with Crippen LogP contribution in [0.4, 0.5) is 0 Å². The summed E-state index contributed by atoms with van der Waals surface area (Å²) in [6.45, 7) is 0.395. The molecule has 0 aliphatic carbocycles. The number of nitrogens with zero attached hydrogens (tertiary/aromatic N) is 3. The number of aromatic nitrogens is 3. The number of benzene rings is 2. The lowest BCUT2D eigenvalue weighted by Crippen LogP contribution is -2.27. The van der Waals surface area contributed by atoms with Crippen LogP contribution < -0.4 is 4.74 Å². The summed E-state index contributed by atoms with van der Waals surface area (Å²) in [5, 5.41) is 7.97. The van der Waals surface area contributed by atoms with E-state index in [-0.39, 0.29) is 5.91 Å². The van der Waals surface area contributed by atoms with Crippen LogP contribution in [0.3, 0.4) is 0 Å². The van der Waals surface area contributed by atoms with E-state index in [4.69, 9.17) is 16.3 Å². The van der Waals surface area contributed by atoms with Crippen molar-refractivity contribution in [3.63, 3.8) is 0 Å². The molecule has 0 aliphatic rings. The maximum atomic E-state index is 13.0. The third-order valence-corrected chi connectivity index (χ3v) is 5.16. The number of thioether (sulfide) groups is 1. The van der Waals surface area contributed by atoms with Crippen molar-refractivity contribution in [3.8, 4) is 5.75 Å². The lowest BCUT2D eigenvalue weighted by Gasteiger charge is -2.20. The van der Waals surface area contributed by atoms with E-state index in [1.165, 1.54) is 18.1 Å². The quantitative estimate of drug-likeness (QED) is 0.604. The molecule has 0 radical (unpaired) electrons. The van der Waals surface area contributed by atoms with Gasteiger partial charge in [-0.3, -0.25) is 9.89 Å². The molecule has 0 saturated heterocycles. The molecule has 2 aromatic carbocycles. The number of ether oxygens (including phenoxy) is 1. The van der Waals surface area contributed by atoms with Gasteiger partial charge in [-0.25, -0.2) is 4.98 Å². The van der Waals surface area contributed by atoms with Crippen molar-refractivity contribution in [2.24, 2.45) is 0 Å². The molecule has 0 unspecified atom stereocenters. The van der Waals surface area contributed by atoms with Crippen molar-refractivity contribution < 1.29 is 9.53 Å². The van der Waals surface area contributed by atoms with E-state index in [1.807, 2.05) is 30.3 Å². The topological polar surface area (TPSA) is 71.1 Å². The van der Waals surface area contributed by atoms with Crippen molar-refractivity contribution in [1.82, 2.24) is 20.1 Å². The minimum absolute atomic E-state index is 0.0641. The number of carbonyl (C=O) groups is 1. The average Bonchev–Trinajstić information content (AvgIpc) is 3.20. The standard InChI is InChI=1S/C19H19ClN4O2S/c1-24(10-14-9-15(20)7-8-17(14)26-2)18(25)16-6-4-3-5-13(16)11-27-19-21-12-22-23-19/h3-9,12H,10-11H2,1-2H3,(H,21,22,23). The molecule has 0 atom stereocenters. The minimum atomic E-state index is -0.0641. The van der Waals surface area contributed by atoms with Gasteiger partial charge in [0.2, 0.25) is 0 Å². The molecule has 1 amide bonds. The summed E-state index contributed by atoms with van der Waals surface area (Å²) in [6.07, 6.45) is 1.46. The number of rotatable bonds is 7. The molecule has 1 N–H and O–H groups in total. The molecule has 0 aliphatic heterocycles. The monoisotopic (exact) mass is 402 g/mol. The van der Waals surface area contributed by atoms with Gasteiger partial charge >= 0.3 is 0 Å². The number of nitrogens with one attached hydrogen (secondary N) is 1. The van der Waals surface area contributed by atoms with Crippen LogP contribution in [-0.4, -0.2) is 40.1 Å². The van der Waals surface area contributed by atoms with E-state index in [0.29, 0.717) is 33.8 Å². The highest BCUT2D eigenvalue weighted by atomic mass is 35.5. The number of halogens is 1. The van der Waals surface area contributed by atoms with Gasteiger partial charge < -0.3 is 9.64 Å². The Bertz CT molecular complexity index is 918. The summed E-state index contributed by atoms with van der Waals surface area (Å²) in [4.78, 5) is 18.8. The van der Waals surface area contributed by atoms with Crippen molar-refractivity contribution in [1.29, 1.82) is 0 Å². The Kier molecular flexibility index (Phi) is 6.36. The highest BCUT2D eigenvalue weighted by Gasteiger charge is 2.17. The highest BCUT2D eigenvalue weighted by molar-refractivity contribution is 7.98. The molecule has 0 saturated carbocycles. The predicted molar refractivity (Wildman–Crippen MR) is 106 cm³/mol. The van der Waals surface area contributed by atoms with Crippen LogP contribution in [0.15, 0.2) is 53.9 Å². The van der Waals surface area contributed by atoms with E-state index < -0.39 is 0 Å². The van der Waals surface area contributed by atoms with Crippen LogP contribution in [0.5, 0.6) is 5.75 Å². The Morgan fingerprint density at radius 3 is 2.81 bits per heavy atom. The maximum absolute atomic E-state index is 13.0. The van der Waals surface area contributed by atoms with Crippen molar-refractivity contribution in [2.45, 2.75) is 17.5 Å². The summed E-state index contributed by atoms with van der Waals surface area (Å²) in [6, 6.07) is 13.0. The highest BCUT2D eigenvalue weighted by Crippen LogP contribution is 2.26. The van der Waals surface area contributed by atoms with E-state index in [2.05, 4.69) is 15.2 Å². The molecule has 6 nitrogen and oxygen atoms in total. The molecule has 1 aromatic heterocycles. The average molecular weight is 403 g/mol. The fourth-order valence-corrected chi connectivity index (χ4v) is 3.65. The molecular formula is C19H19ClN4O2S. The van der Waals surface area contributed by atoms with Gasteiger partial charge in [0.05, 0.1) is 7.11 Å². The minimum Gasteiger partial charge on any atom is -0.496 e. The second kappa shape index (κ2) is 8.92. The van der Waals surface area contributed by atoms with Crippen LogP contribution in [-0.2, 0) is 12.3 Å².